The van der Waals surface area contributed by atoms with Crippen molar-refractivity contribution in [2.24, 2.45) is 0 Å². The number of hydrogen-bond donors (Lipinski definition) is 2. The van der Waals surface area contributed by atoms with Gasteiger partial charge < -0.3 is 15.0 Å². The summed E-state index contributed by atoms with van der Waals surface area (Å²) in [7, 11) is 1.58. The van der Waals surface area contributed by atoms with Gasteiger partial charge in [0.2, 0.25) is 5.91 Å². The summed E-state index contributed by atoms with van der Waals surface area (Å²) in [5, 5.41) is 11.3. The molecule has 0 unspecified atom stereocenters. The number of methoxy groups -OCH3 is 1. The van der Waals surface area contributed by atoms with Crippen LogP contribution in [0.2, 0.25) is 5.02 Å². The highest BCUT2D eigenvalue weighted by atomic mass is 35.5. The quantitative estimate of drug-likeness (QED) is 0.796. The molecule has 2 aliphatic rings. The lowest BCUT2D eigenvalue weighted by atomic mass is 10.0. The molecule has 1 saturated carbocycles. The molecule has 1 aliphatic heterocycles. The van der Waals surface area contributed by atoms with Crippen LogP contribution in [-0.4, -0.2) is 42.3 Å². The summed E-state index contributed by atoms with van der Waals surface area (Å²) in [6, 6.07) is 7.86. The Bertz CT molecular complexity index is 810. The van der Waals surface area contributed by atoms with Gasteiger partial charge in [-0.1, -0.05) is 17.7 Å². The zero-order valence-corrected chi connectivity index (χ0v) is 16.3. The summed E-state index contributed by atoms with van der Waals surface area (Å²) >= 11 is 6.13. The topological polar surface area (TPSA) is 70.2 Å². The number of nitrogens with zero attached hydrogens (tertiary/aromatic N) is 2. The van der Waals surface area contributed by atoms with E-state index in [0.717, 1.165) is 37.3 Å². The second-order valence-electron chi connectivity index (χ2n) is 7.43. The molecule has 1 aromatic heterocycles. The van der Waals surface area contributed by atoms with Gasteiger partial charge in [0.15, 0.2) is 5.82 Å². The van der Waals surface area contributed by atoms with Gasteiger partial charge in [0, 0.05) is 36.8 Å². The zero-order chi connectivity index (χ0) is 18.8. The Morgan fingerprint density at radius 1 is 1.30 bits per heavy atom. The van der Waals surface area contributed by atoms with Gasteiger partial charge in [0.25, 0.3) is 0 Å². The molecule has 2 N–H and O–H groups in total. The second-order valence-corrected chi connectivity index (χ2v) is 7.84. The number of rotatable bonds is 6. The molecule has 4 rings (SSSR count). The summed E-state index contributed by atoms with van der Waals surface area (Å²) in [6.45, 7) is 1.82. The van der Waals surface area contributed by atoms with Crippen LogP contribution in [0.15, 0.2) is 24.3 Å². The average molecular weight is 389 g/mol. The van der Waals surface area contributed by atoms with E-state index in [4.69, 9.17) is 16.3 Å². The maximum absolute atomic E-state index is 12.4. The second kappa shape index (κ2) is 7.80. The monoisotopic (exact) mass is 388 g/mol. The number of halogens is 1. The lowest BCUT2D eigenvalue weighted by molar-refractivity contribution is -0.121. The fraction of sp³-hybridized carbons (Fsp3) is 0.500. The van der Waals surface area contributed by atoms with Crippen LogP contribution in [0.1, 0.15) is 42.9 Å². The lowest BCUT2D eigenvalue weighted by Gasteiger charge is -2.32. The maximum atomic E-state index is 12.4. The van der Waals surface area contributed by atoms with Gasteiger partial charge in [-0.3, -0.25) is 9.89 Å². The minimum absolute atomic E-state index is 0.0328. The standard InChI is InChI=1S/C20H25ClN4O2/c1-27-18-5-2-13(10-16(18)21)11-20(26)22-15-6-8-25(9-7-15)19-12-17(23-24-19)14-3-4-14/h2,5,10,12,14-15H,3-4,6-9,11H2,1H3,(H,22,26)(H,23,24). The van der Waals surface area contributed by atoms with E-state index in [0.29, 0.717) is 23.1 Å². The van der Waals surface area contributed by atoms with Gasteiger partial charge in [0.1, 0.15) is 5.75 Å². The Balaban J connectivity index is 1.25. The Labute approximate surface area is 164 Å². The lowest BCUT2D eigenvalue weighted by Crippen LogP contribution is -2.45. The number of anilines is 1. The molecular formula is C20H25ClN4O2. The Morgan fingerprint density at radius 2 is 2.07 bits per heavy atom. The number of hydrogen-bond acceptors (Lipinski definition) is 4. The number of benzene rings is 1. The summed E-state index contributed by atoms with van der Waals surface area (Å²) < 4.78 is 5.15. The molecular weight excluding hydrogens is 364 g/mol. The molecule has 2 heterocycles. The number of H-pyrrole nitrogens is 1. The van der Waals surface area contributed by atoms with Crippen molar-refractivity contribution in [2.75, 3.05) is 25.1 Å². The molecule has 1 aliphatic carbocycles. The van der Waals surface area contributed by atoms with E-state index in [-0.39, 0.29) is 11.9 Å². The SMILES string of the molecule is COc1ccc(CC(=O)NC2CCN(c3cc(C4CC4)[nH]n3)CC2)cc1Cl. The third kappa shape index (κ3) is 4.38. The van der Waals surface area contributed by atoms with Gasteiger partial charge in [-0.15, -0.1) is 0 Å². The predicted octanol–water partition coefficient (Wildman–Crippen LogP) is 3.28. The molecule has 144 valence electrons. The molecule has 1 aromatic carbocycles. The van der Waals surface area contributed by atoms with Crippen molar-refractivity contribution < 1.29 is 9.53 Å². The molecule has 1 amide bonds. The number of carbonyl (C=O) groups is 1. The first kappa shape index (κ1) is 18.2. The number of piperidine rings is 1. The van der Waals surface area contributed by atoms with E-state index in [1.54, 1.807) is 19.2 Å². The van der Waals surface area contributed by atoms with Crippen LogP contribution >= 0.6 is 11.6 Å². The molecule has 2 aromatic rings. The highest BCUT2D eigenvalue weighted by Gasteiger charge is 2.27. The van der Waals surface area contributed by atoms with Crippen molar-refractivity contribution in [3.63, 3.8) is 0 Å². The molecule has 2 fully saturated rings. The first-order valence-corrected chi connectivity index (χ1v) is 9.92. The van der Waals surface area contributed by atoms with Gasteiger partial charge >= 0.3 is 0 Å². The van der Waals surface area contributed by atoms with Crippen molar-refractivity contribution in [3.05, 3.63) is 40.5 Å². The van der Waals surface area contributed by atoms with Crippen molar-refractivity contribution >= 4 is 23.3 Å². The van der Waals surface area contributed by atoms with Crippen LogP contribution in [-0.2, 0) is 11.2 Å². The van der Waals surface area contributed by atoms with E-state index in [2.05, 4.69) is 26.5 Å². The molecule has 6 nitrogen and oxygen atoms in total. The van der Waals surface area contributed by atoms with Crippen LogP contribution in [0.25, 0.3) is 0 Å². The zero-order valence-electron chi connectivity index (χ0n) is 15.5. The molecule has 7 heteroatoms. The minimum Gasteiger partial charge on any atom is -0.495 e. The first-order valence-electron chi connectivity index (χ1n) is 9.54. The predicted molar refractivity (Wildman–Crippen MR) is 106 cm³/mol. The molecule has 0 bridgehead atoms. The molecule has 0 radical (unpaired) electrons. The molecule has 0 spiro atoms. The summed E-state index contributed by atoms with van der Waals surface area (Å²) in [4.78, 5) is 14.7. The van der Waals surface area contributed by atoms with E-state index in [1.807, 2.05) is 6.07 Å². The van der Waals surface area contributed by atoms with Crippen molar-refractivity contribution in [1.82, 2.24) is 15.5 Å². The third-order valence-electron chi connectivity index (χ3n) is 5.37. The molecule has 1 saturated heterocycles. The number of amides is 1. The van der Waals surface area contributed by atoms with E-state index in [9.17, 15) is 4.79 Å². The van der Waals surface area contributed by atoms with Crippen LogP contribution in [0.5, 0.6) is 5.75 Å². The fourth-order valence-corrected chi connectivity index (χ4v) is 3.91. The summed E-state index contributed by atoms with van der Waals surface area (Å²) in [5.41, 5.74) is 2.15. The largest absolute Gasteiger partial charge is 0.495 e. The summed E-state index contributed by atoms with van der Waals surface area (Å²) in [6.07, 6.45) is 4.74. The molecule has 27 heavy (non-hydrogen) atoms. The number of ether oxygens (including phenoxy) is 1. The minimum atomic E-state index is 0.0328. The highest BCUT2D eigenvalue weighted by molar-refractivity contribution is 6.32. The van der Waals surface area contributed by atoms with Gasteiger partial charge in [0.05, 0.1) is 18.6 Å². The van der Waals surface area contributed by atoms with Crippen LogP contribution in [0.3, 0.4) is 0 Å². The normalized spacial score (nSPS) is 17.8. The average Bonchev–Trinajstić information content (AvgIpc) is 3.39. The smallest absolute Gasteiger partial charge is 0.224 e. The van der Waals surface area contributed by atoms with Crippen LogP contribution < -0.4 is 15.0 Å². The number of aromatic amines is 1. The van der Waals surface area contributed by atoms with E-state index >= 15 is 0 Å². The fourth-order valence-electron chi connectivity index (χ4n) is 3.63. The maximum Gasteiger partial charge on any atom is 0.224 e. The summed E-state index contributed by atoms with van der Waals surface area (Å²) in [5.74, 6) is 2.38. The Morgan fingerprint density at radius 3 is 2.74 bits per heavy atom. The van der Waals surface area contributed by atoms with Crippen molar-refractivity contribution in [1.29, 1.82) is 0 Å². The van der Waals surface area contributed by atoms with E-state index in [1.165, 1.54) is 18.5 Å². The van der Waals surface area contributed by atoms with Crippen molar-refractivity contribution in [3.8, 4) is 5.75 Å². The Kier molecular flexibility index (Phi) is 5.25. The number of carbonyl (C=O) groups excluding carboxylic acids is 1. The molecule has 0 atom stereocenters. The van der Waals surface area contributed by atoms with E-state index < -0.39 is 0 Å². The van der Waals surface area contributed by atoms with Crippen LogP contribution in [0, 0.1) is 0 Å². The number of nitrogens with one attached hydrogen (secondary N) is 2. The highest BCUT2D eigenvalue weighted by Crippen LogP contribution is 2.40. The Hall–Kier alpha value is -2.21. The van der Waals surface area contributed by atoms with Crippen LogP contribution in [0.4, 0.5) is 5.82 Å². The van der Waals surface area contributed by atoms with Gasteiger partial charge in [-0.05, 0) is 43.4 Å². The third-order valence-corrected chi connectivity index (χ3v) is 5.66. The first-order chi connectivity index (χ1) is 13.1. The number of aromatic nitrogens is 2. The van der Waals surface area contributed by atoms with Crippen molar-refractivity contribution in [2.45, 2.75) is 44.1 Å². The van der Waals surface area contributed by atoms with Gasteiger partial charge in [-0.25, -0.2) is 0 Å². The van der Waals surface area contributed by atoms with Gasteiger partial charge in [-0.2, -0.15) is 5.10 Å².